The van der Waals surface area contributed by atoms with Crippen LogP contribution in [0.2, 0.25) is 5.02 Å². The zero-order valence-corrected chi connectivity index (χ0v) is 18.0. The molecule has 0 aliphatic carbocycles. The molecule has 6 nitrogen and oxygen atoms in total. The quantitative estimate of drug-likeness (QED) is 0.391. The number of likely N-dealkylation sites (N-methyl/N-ethyl adjacent to an activating group) is 1. The number of hydrogen-bond donors (Lipinski definition) is 0. The molecule has 0 unspecified atom stereocenters. The molecule has 1 heterocycles. The summed E-state index contributed by atoms with van der Waals surface area (Å²) in [6.07, 6.45) is -0.0813. The number of benzene rings is 3. The van der Waals surface area contributed by atoms with Crippen molar-refractivity contribution >= 4 is 28.3 Å². The Morgan fingerprint density at radius 2 is 1.84 bits per heavy atom. The van der Waals surface area contributed by atoms with Gasteiger partial charge < -0.3 is 14.2 Å². The largest absolute Gasteiger partial charge is 0.481 e. The lowest BCUT2D eigenvalue weighted by Crippen LogP contribution is -2.39. The zero-order valence-electron chi connectivity index (χ0n) is 17.3. The van der Waals surface area contributed by atoms with Gasteiger partial charge in [0.25, 0.3) is 5.91 Å². The van der Waals surface area contributed by atoms with E-state index in [2.05, 4.69) is 10.1 Å². The predicted molar refractivity (Wildman–Crippen MR) is 120 cm³/mol. The summed E-state index contributed by atoms with van der Waals surface area (Å²) < 4.78 is 11.3. The Balaban J connectivity index is 1.44. The number of nitrogens with zero attached hydrogens (tertiary/aromatic N) is 3. The number of carbonyl (C=O) groups excluding carboxylic acids is 1. The molecule has 1 amide bonds. The highest BCUT2D eigenvalue weighted by Crippen LogP contribution is 2.25. The van der Waals surface area contributed by atoms with Crippen molar-refractivity contribution in [1.29, 1.82) is 0 Å². The van der Waals surface area contributed by atoms with Crippen LogP contribution in [0.4, 0.5) is 0 Å². The molecule has 0 saturated carbocycles. The van der Waals surface area contributed by atoms with E-state index in [0.717, 1.165) is 10.8 Å². The summed E-state index contributed by atoms with van der Waals surface area (Å²) in [5.74, 6) is 1.21. The van der Waals surface area contributed by atoms with E-state index in [4.69, 9.17) is 20.9 Å². The second-order valence-electron chi connectivity index (χ2n) is 7.21. The van der Waals surface area contributed by atoms with Crippen LogP contribution in [-0.2, 0) is 11.3 Å². The normalized spacial score (nSPS) is 12.0. The molecule has 4 rings (SSSR count). The topological polar surface area (TPSA) is 68.5 Å². The third-order valence-electron chi connectivity index (χ3n) is 4.98. The number of ether oxygens (including phenoxy) is 1. The highest BCUT2D eigenvalue weighted by molar-refractivity contribution is 6.33. The van der Waals surface area contributed by atoms with Crippen LogP contribution >= 0.6 is 11.6 Å². The minimum Gasteiger partial charge on any atom is -0.481 e. The summed E-state index contributed by atoms with van der Waals surface area (Å²) in [6.45, 7) is 2.09. The maximum Gasteiger partial charge on any atom is 0.263 e. The standard InChI is InChI=1S/C24H22ClN3O3/c1-3-21(30-18-13-12-16-8-4-5-9-17(16)14-18)24(29)28(2)15-22-26-23(27-31-22)19-10-6-7-11-20(19)25/h4-14,21H,3,15H2,1-2H3/t21-/m0/s1. The molecule has 0 saturated heterocycles. The van der Waals surface area contributed by atoms with Crippen molar-refractivity contribution in [3.05, 3.63) is 77.6 Å². The van der Waals surface area contributed by atoms with Crippen molar-refractivity contribution in [2.45, 2.75) is 26.0 Å². The molecule has 0 fully saturated rings. The van der Waals surface area contributed by atoms with Crippen LogP contribution in [-0.4, -0.2) is 34.1 Å². The summed E-state index contributed by atoms with van der Waals surface area (Å²) in [7, 11) is 1.69. The molecule has 0 bridgehead atoms. The van der Waals surface area contributed by atoms with Gasteiger partial charge in [0.15, 0.2) is 6.10 Å². The first kappa shape index (κ1) is 20.9. The minimum absolute atomic E-state index is 0.159. The van der Waals surface area contributed by atoms with E-state index in [1.807, 2.05) is 67.6 Å². The number of rotatable bonds is 7. The van der Waals surface area contributed by atoms with Crippen LogP contribution in [0.1, 0.15) is 19.2 Å². The maximum atomic E-state index is 13.0. The van der Waals surface area contributed by atoms with Gasteiger partial charge in [0.05, 0.1) is 11.6 Å². The van der Waals surface area contributed by atoms with Gasteiger partial charge in [0, 0.05) is 12.6 Å². The SMILES string of the molecule is CC[C@H](Oc1ccc2ccccc2c1)C(=O)N(C)Cc1nc(-c2ccccc2Cl)no1. The van der Waals surface area contributed by atoms with E-state index in [1.165, 1.54) is 4.90 Å². The number of halogens is 1. The summed E-state index contributed by atoms with van der Waals surface area (Å²) in [6, 6.07) is 21.1. The highest BCUT2D eigenvalue weighted by atomic mass is 35.5. The van der Waals surface area contributed by atoms with Gasteiger partial charge in [0.1, 0.15) is 5.75 Å². The number of fused-ring (bicyclic) bond motifs is 1. The first-order valence-electron chi connectivity index (χ1n) is 10.0. The van der Waals surface area contributed by atoms with Gasteiger partial charge in [0.2, 0.25) is 11.7 Å². The van der Waals surface area contributed by atoms with Gasteiger partial charge >= 0.3 is 0 Å². The molecule has 4 aromatic rings. The van der Waals surface area contributed by atoms with Gasteiger partial charge in [-0.25, -0.2) is 0 Å². The first-order chi connectivity index (χ1) is 15.0. The van der Waals surface area contributed by atoms with Crippen LogP contribution in [0.5, 0.6) is 5.75 Å². The van der Waals surface area contributed by atoms with E-state index in [0.29, 0.717) is 34.5 Å². The fraction of sp³-hybridized carbons (Fsp3) is 0.208. The maximum absolute atomic E-state index is 13.0. The lowest BCUT2D eigenvalue weighted by Gasteiger charge is -2.22. The van der Waals surface area contributed by atoms with E-state index < -0.39 is 6.10 Å². The Bertz CT molecular complexity index is 1210. The molecule has 0 spiro atoms. The zero-order chi connectivity index (χ0) is 21.8. The third kappa shape index (κ3) is 4.70. The molecule has 1 atom stereocenters. The Labute approximate surface area is 185 Å². The van der Waals surface area contributed by atoms with Gasteiger partial charge in [-0.2, -0.15) is 4.98 Å². The highest BCUT2D eigenvalue weighted by Gasteiger charge is 2.24. The number of aromatic nitrogens is 2. The van der Waals surface area contributed by atoms with E-state index in [9.17, 15) is 4.79 Å². The van der Waals surface area contributed by atoms with Crippen molar-refractivity contribution in [2.75, 3.05) is 7.05 Å². The average Bonchev–Trinajstić information content (AvgIpc) is 3.25. The van der Waals surface area contributed by atoms with Crippen molar-refractivity contribution in [3.8, 4) is 17.1 Å². The Hall–Kier alpha value is -3.38. The smallest absolute Gasteiger partial charge is 0.263 e. The number of amides is 1. The van der Waals surface area contributed by atoms with E-state index in [-0.39, 0.29) is 12.5 Å². The molecule has 0 aliphatic rings. The Kier molecular flexibility index (Phi) is 6.18. The van der Waals surface area contributed by atoms with Crippen LogP contribution in [0.3, 0.4) is 0 Å². The van der Waals surface area contributed by atoms with Crippen molar-refractivity contribution in [2.24, 2.45) is 0 Å². The number of hydrogen-bond acceptors (Lipinski definition) is 5. The van der Waals surface area contributed by atoms with Crippen LogP contribution in [0.15, 0.2) is 71.3 Å². The second kappa shape index (κ2) is 9.18. The fourth-order valence-electron chi connectivity index (χ4n) is 3.31. The molecule has 158 valence electrons. The van der Waals surface area contributed by atoms with Crippen LogP contribution < -0.4 is 4.74 Å². The predicted octanol–water partition coefficient (Wildman–Crippen LogP) is 5.36. The molecule has 0 N–H and O–H groups in total. The molecule has 1 aromatic heterocycles. The van der Waals surface area contributed by atoms with Crippen LogP contribution in [0, 0.1) is 0 Å². The van der Waals surface area contributed by atoms with Gasteiger partial charge in [-0.1, -0.05) is 66.1 Å². The number of carbonyl (C=O) groups is 1. The Morgan fingerprint density at radius 1 is 1.10 bits per heavy atom. The summed E-state index contributed by atoms with van der Waals surface area (Å²) in [5.41, 5.74) is 0.680. The van der Waals surface area contributed by atoms with Crippen LogP contribution in [0.25, 0.3) is 22.2 Å². The molecule has 31 heavy (non-hydrogen) atoms. The van der Waals surface area contributed by atoms with Gasteiger partial charge in [-0.05, 0) is 41.5 Å². The van der Waals surface area contributed by atoms with Crippen molar-refractivity contribution < 1.29 is 14.1 Å². The fourth-order valence-corrected chi connectivity index (χ4v) is 3.53. The third-order valence-corrected chi connectivity index (χ3v) is 5.31. The lowest BCUT2D eigenvalue weighted by atomic mass is 10.1. The minimum atomic E-state index is -0.614. The molecular weight excluding hydrogens is 414 g/mol. The lowest BCUT2D eigenvalue weighted by molar-refractivity contribution is -0.138. The summed E-state index contributed by atoms with van der Waals surface area (Å²) in [4.78, 5) is 18.9. The van der Waals surface area contributed by atoms with Gasteiger partial charge in [-0.15, -0.1) is 0 Å². The van der Waals surface area contributed by atoms with E-state index in [1.54, 1.807) is 13.1 Å². The monoisotopic (exact) mass is 435 g/mol. The Morgan fingerprint density at radius 3 is 2.61 bits per heavy atom. The average molecular weight is 436 g/mol. The molecule has 7 heteroatoms. The molecule has 3 aromatic carbocycles. The molecule has 0 radical (unpaired) electrons. The van der Waals surface area contributed by atoms with Crippen molar-refractivity contribution in [1.82, 2.24) is 15.0 Å². The van der Waals surface area contributed by atoms with Gasteiger partial charge in [-0.3, -0.25) is 4.79 Å². The van der Waals surface area contributed by atoms with Crippen molar-refractivity contribution in [3.63, 3.8) is 0 Å². The molecular formula is C24H22ClN3O3. The summed E-state index contributed by atoms with van der Waals surface area (Å²) in [5, 5.41) is 6.70. The molecule has 0 aliphatic heterocycles. The summed E-state index contributed by atoms with van der Waals surface area (Å²) >= 11 is 6.20. The van der Waals surface area contributed by atoms with E-state index >= 15 is 0 Å². The second-order valence-corrected chi connectivity index (χ2v) is 7.62. The first-order valence-corrected chi connectivity index (χ1v) is 10.4.